The summed E-state index contributed by atoms with van der Waals surface area (Å²) in [6.07, 6.45) is 9.74. The number of hydrogen-bond acceptors (Lipinski definition) is 2. The predicted molar refractivity (Wildman–Crippen MR) is 70.4 cm³/mol. The smallest absolute Gasteiger partial charge is 0.312 e. The SMILES string of the molecule is C[C@@](C(=O)O)(C1CCCCC1)C1(O)CCCCC1. The lowest BCUT2D eigenvalue weighted by atomic mass is 9.57. The van der Waals surface area contributed by atoms with Gasteiger partial charge >= 0.3 is 5.97 Å². The van der Waals surface area contributed by atoms with Crippen molar-refractivity contribution in [3.63, 3.8) is 0 Å². The number of hydrogen-bond donors (Lipinski definition) is 2. The van der Waals surface area contributed by atoms with Crippen LogP contribution in [0.15, 0.2) is 0 Å². The van der Waals surface area contributed by atoms with Gasteiger partial charge < -0.3 is 10.2 Å². The third-order valence-corrected chi connectivity index (χ3v) is 5.51. The van der Waals surface area contributed by atoms with Crippen LogP contribution in [0.3, 0.4) is 0 Å². The van der Waals surface area contributed by atoms with Gasteiger partial charge in [0.15, 0.2) is 0 Å². The molecule has 0 unspecified atom stereocenters. The topological polar surface area (TPSA) is 57.5 Å². The number of carbonyl (C=O) groups is 1. The molecule has 2 fully saturated rings. The average Bonchev–Trinajstić information content (AvgIpc) is 2.39. The molecule has 2 saturated carbocycles. The Morgan fingerprint density at radius 1 is 1.06 bits per heavy atom. The maximum atomic E-state index is 11.9. The molecule has 104 valence electrons. The highest BCUT2D eigenvalue weighted by molar-refractivity contribution is 5.76. The minimum Gasteiger partial charge on any atom is -0.481 e. The lowest BCUT2D eigenvalue weighted by molar-refractivity contribution is -0.184. The zero-order valence-electron chi connectivity index (χ0n) is 11.5. The predicted octanol–water partition coefficient (Wildman–Crippen LogP) is 3.35. The first-order chi connectivity index (χ1) is 8.51. The Balaban J connectivity index is 2.26. The fourth-order valence-electron chi connectivity index (χ4n) is 4.09. The van der Waals surface area contributed by atoms with E-state index in [1.807, 2.05) is 0 Å². The van der Waals surface area contributed by atoms with Gasteiger partial charge in [-0.15, -0.1) is 0 Å². The van der Waals surface area contributed by atoms with Gasteiger partial charge in [0.05, 0.1) is 11.0 Å². The van der Waals surface area contributed by atoms with Crippen LogP contribution in [0.2, 0.25) is 0 Å². The molecule has 2 N–H and O–H groups in total. The third kappa shape index (κ3) is 2.18. The Hall–Kier alpha value is -0.570. The molecule has 0 radical (unpaired) electrons. The lowest BCUT2D eigenvalue weighted by Gasteiger charge is -2.49. The van der Waals surface area contributed by atoms with E-state index in [4.69, 9.17) is 0 Å². The molecule has 2 rings (SSSR count). The van der Waals surface area contributed by atoms with Crippen LogP contribution in [0.25, 0.3) is 0 Å². The van der Waals surface area contributed by atoms with Gasteiger partial charge in [-0.3, -0.25) is 4.79 Å². The van der Waals surface area contributed by atoms with E-state index in [2.05, 4.69) is 0 Å². The summed E-state index contributed by atoms with van der Waals surface area (Å²) < 4.78 is 0. The number of aliphatic hydroxyl groups is 1. The maximum Gasteiger partial charge on any atom is 0.312 e. The molecule has 0 aliphatic heterocycles. The van der Waals surface area contributed by atoms with Crippen LogP contribution in [-0.4, -0.2) is 21.8 Å². The van der Waals surface area contributed by atoms with Gasteiger partial charge in [0.1, 0.15) is 0 Å². The Kier molecular flexibility index (Phi) is 4.00. The second kappa shape index (κ2) is 5.20. The van der Waals surface area contributed by atoms with Crippen LogP contribution in [-0.2, 0) is 4.79 Å². The molecule has 2 aliphatic rings. The number of carboxylic acid groups (broad SMARTS) is 1. The molecule has 0 heterocycles. The summed E-state index contributed by atoms with van der Waals surface area (Å²) in [5, 5.41) is 20.7. The van der Waals surface area contributed by atoms with E-state index in [1.165, 1.54) is 6.42 Å². The average molecular weight is 254 g/mol. The first-order valence-corrected chi connectivity index (χ1v) is 7.46. The minimum atomic E-state index is -0.987. The molecule has 0 aromatic carbocycles. The summed E-state index contributed by atoms with van der Waals surface area (Å²) in [4.78, 5) is 11.9. The normalized spacial score (nSPS) is 28.6. The van der Waals surface area contributed by atoms with Crippen LogP contribution in [0, 0.1) is 11.3 Å². The Morgan fingerprint density at radius 3 is 2.06 bits per heavy atom. The first-order valence-electron chi connectivity index (χ1n) is 7.46. The highest BCUT2D eigenvalue weighted by Gasteiger charge is 2.56. The van der Waals surface area contributed by atoms with Gasteiger partial charge in [0.25, 0.3) is 0 Å². The van der Waals surface area contributed by atoms with Gasteiger partial charge in [0, 0.05) is 0 Å². The molecule has 2 aliphatic carbocycles. The van der Waals surface area contributed by atoms with Crippen molar-refractivity contribution in [1.29, 1.82) is 0 Å². The molecule has 0 saturated heterocycles. The van der Waals surface area contributed by atoms with Crippen molar-refractivity contribution >= 4 is 5.97 Å². The van der Waals surface area contributed by atoms with Crippen LogP contribution in [0.4, 0.5) is 0 Å². The van der Waals surface area contributed by atoms with Crippen molar-refractivity contribution in [2.75, 3.05) is 0 Å². The molecule has 3 heteroatoms. The summed E-state index contributed by atoms with van der Waals surface area (Å²) in [5.41, 5.74) is -1.94. The van der Waals surface area contributed by atoms with E-state index in [0.717, 1.165) is 44.9 Å². The molecular weight excluding hydrogens is 228 g/mol. The fraction of sp³-hybridized carbons (Fsp3) is 0.933. The second-order valence-electron chi connectivity index (χ2n) is 6.43. The molecule has 3 nitrogen and oxygen atoms in total. The van der Waals surface area contributed by atoms with Crippen molar-refractivity contribution in [3.05, 3.63) is 0 Å². The number of aliphatic carboxylic acids is 1. The molecule has 0 aromatic heterocycles. The molecule has 0 bridgehead atoms. The zero-order chi connectivity index (χ0) is 13.2. The van der Waals surface area contributed by atoms with Crippen LogP contribution < -0.4 is 0 Å². The van der Waals surface area contributed by atoms with E-state index >= 15 is 0 Å². The van der Waals surface area contributed by atoms with E-state index in [-0.39, 0.29) is 5.92 Å². The van der Waals surface area contributed by atoms with Crippen molar-refractivity contribution in [3.8, 4) is 0 Å². The number of rotatable bonds is 3. The summed E-state index contributed by atoms with van der Waals surface area (Å²) in [7, 11) is 0. The second-order valence-corrected chi connectivity index (χ2v) is 6.43. The summed E-state index contributed by atoms with van der Waals surface area (Å²) in [6, 6.07) is 0. The summed E-state index contributed by atoms with van der Waals surface area (Å²) in [5.74, 6) is -0.648. The van der Waals surface area contributed by atoms with Gasteiger partial charge in [-0.2, -0.15) is 0 Å². The number of carboxylic acids is 1. The van der Waals surface area contributed by atoms with E-state index in [9.17, 15) is 15.0 Å². The summed E-state index contributed by atoms with van der Waals surface area (Å²) >= 11 is 0. The standard InChI is InChI=1S/C15H26O3/c1-14(13(16)17,12-8-4-2-5-9-12)15(18)10-6-3-7-11-15/h12,18H,2-11H2,1H3,(H,16,17)/t14-/m0/s1. The van der Waals surface area contributed by atoms with Gasteiger partial charge in [-0.1, -0.05) is 38.5 Å². The highest BCUT2D eigenvalue weighted by Crippen LogP contribution is 2.51. The van der Waals surface area contributed by atoms with Crippen molar-refractivity contribution in [1.82, 2.24) is 0 Å². The van der Waals surface area contributed by atoms with Crippen molar-refractivity contribution < 1.29 is 15.0 Å². The fourth-order valence-corrected chi connectivity index (χ4v) is 4.09. The molecule has 1 atom stereocenters. The monoisotopic (exact) mass is 254 g/mol. The van der Waals surface area contributed by atoms with Crippen LogP contribution >= 0.6 is 0 Å². The molecule has 0 spiro atoms. The minimum absolute atomic E-state index is 0.145. The largest absolute Gasteiger partial charge is 0.481 e. The van der Waals surface area contributed by atoms with Crippen LogP contribution in [0.1, 0.15) is 71.1 Å². The first kappa shape index (κ1) is 13.9. The molecule has 0 amide bonds. The van der Waals surface area contributed by atoms with Crippen LogP contribution in [0.5, 0.6) is 0 Å². The quantitative estimate of drug-likeness (QED) is 0.812. The van der Waals surface area contributed by atoms with Gasteiger partial charge in [0.2, 0.25) is 0 Å². The summed E-state index contributed by atoms with van der Waals surface area (Å²) in [6.45, 7) is 1.80. The molecule has 18 heavy (non-hydrogen) atoms. The van der Waals surface area contributed by atoms with E-state index in [0.29, 0.717) is 12.8 Å². The van der Waals surface area contributed by atoms with Crippen molar-refractivity contribution in [2.24, 2.45) is 11.3 Å². The highest BCUT2D eigenvalue weighted by atomic mass is 16.4. The van der Waals surface area contributed by atoms with Gasteiger partial charge in [-0.25, -0.2) is 0 Å². The molecular formula is C15H26O3. The van der Waals surface area contributed by atoms with E-state index < -0.39 is 17.0 Å². The van der Waals surface area contributed by atoms with E-state index in [1.54, 1.807) is 6.92 Å². The third-order valence-electron chi connectivity index (χ3n) is 5.51. The molecule has 0 aromatic rings. The Bertz CT molecular complexity index is 301. The Morgan fingerprint density at radius 2 is 1.56 bits per heavy atom. The Labute approximate surface area is 110 Å². The van der Waals surface area contributed by atoms with Crippen molar-refractivity contribution in [2.45, 2.75) is 76.7 Å². The zero-order valence-corrected chi connectivity index (χ0v) is 11.5. The maximum absolute atomic E-state index is 11.9. The van der Waals surface area contributed by atoms with Gasteiger partial charge in [-0.05, 0) is 38.5 Å². The lowest BCUT2D eigenvalue weighted by Crippen LogP contribution is -2.56.